The third-order valence-corrected chi connectivity index (χ3v) is 2.49. The lowest BCUT2D eigenvalue weighted by atomic mass is 10.0. The van der Waals surface area contributed by atoms with Gasteiger partial charge in [-0.1, -0.05) is 13.3 Å². The van der Waals surface area contributed by atoms with E-state index in [4.69, 9.17) is 4.74 Å². The number of methoxy groups -OCH3 is 2. The topological polar surface area (TPSA) is 78.7 Å². The Hall–Kier alpha value is -2.11. The first-order chi connectivity index (χ1) is 8.54. The summed E-state index contributed by atoms with van der Waals surface area (Å²) < 4.78 is 9.64. The van der Waals surface area contributed by atoms with Crippen LogP contribution in [0, 0.1) is 10.1 Å². The molecule has 0 aliphatic rings. The highest BCUT2D eigenvalue weighted by molar-refractivity contribution is 5.91. The van der Waals surface area contributed by atoms with E-state index in [9.17, 15) is 14.9 Å². The molecule has 0 fully saturated rings. The lowest BCUT2D eigenvalue weighted by Gasteiger charge is -2.10. The molecule has 1 aromatic rings. The minimum absolute atomic E-state index is 0.161. The van der Waals surface area contributed by atoms with Gasteiger partial charge in [-0.05, 0) is 12.5 Å². The maximum absolute atomic E-state index is 11.5. The minimum atomic E-state index is -0.599. The molecule has 0 N–H and O–H groups in total. The average molecular weight is 253 g/mol. The highest BCUT2D eigenvalue weighted by Crippen LogP contribution is 2.33. The van der Waals surface area contributed by atoms with Crippen molar-refractivity contribution in [3.05, 3.63) is 33.4 Å². The number of nitro groups is 1. The first-order valence-electron chi connectivity index (χ1n) is 5.48. The fraction of sp³-hybridized carbons (Fsp3) is 0.417. The summed E-state index contributed by atoms with van der Waals surface area (Å²) in [7, 11) is 2.61. The molecular formula is C12H15NO5. The van der Waals surface area contributed by atoms with Crippen molar-refractivity contribution in [2.45, 2.75) is 19.8 Å². The van der Waals surface area contributed by atoms with Gasteiger partial charge in [0.05, 0.1) is 24.7 Å². The Bertz CT molecular complexity index is 470. The SMILES string of the molecule is CCCc1cc(C(=O)OC)cc([N+](=O)[O-])c1OC. The third-order valence-electron chi connectivity index (χ3n) is 2.49. The Kier molecular flexibility index (Phi) is 4.65. The zero-order valence-electron chi connectivity index (χ0n) is 10.6. The van der Waals surface area contributed by atoms with E-state index >= 15 is 0 Å². The standard InChI is InChI=1S/C12H15NO5/c1-4-5-8-6-9(12(14)18-3)7-10(13(15)16)11(8)17-2/h6-7H,4-5H2,1-3H3. The molecule has 0 saturated carbocycles. The smallest absolute Gasteiger partial charge is 0.338 e. The second-order valence-corrected chi connectivity index (χ2v) is 3.69. The quantitative estimate of drug-likeness (QED) is 0.457. The number of benzene rings is 1. The molecule has 1 rings (SSSR count). The lowest BCUT2D eigenvalue weighted by molar-refractivity contribution is -0.385. The highest BCUT2D eigenvalue weighted by atomic mass is 16.6. The molecular weight excluding hydrogens is 238 g/mol. The Morgan fingerprint density at radius 1 is 1.39 bits per heavy atom. The normalized spacial score (nSPS) is 9.94. The fourth-order valence-electron chi connectivity index (χ4n) is 1.73. The third kappa shape index (κ3) is 2.77. The van der Waals surface area contributed by atoms with Crippen molar-refractivity contribution >= 4 is 11.7 Å². The van der Waals surface area contributed by atoms with Crippen molar-refractivity contribution in [2.24, 2.45) is 0 Å². The minimum Gasteiger partial charge on any atom is -0.490 e. The molecule has 0 amide bonds. The fourth-order valence-corrected chi connectivity index (χ4v) is 1.73. The molecule has 0 spiro atoms. The zero-order valence-corrected chi connectivity index (χ0v) is 10.6. The van der Waals surface area contributed by atoms with Crippen molar-refractivity contribution in [2.75, 3.05) is 14.2 Å². The van der Waals surface area contributed by atoms with Gasteiger partial charge in [0.2, 0.25) is 0 Å². The van der Waals surface area contributed by atoms with E-state index < -0.39 is 10.9 Å². The number of rotatable bonds is 5. The Balaban J connectivity index is 3.43. The number of hydrogen-bond donors (Lipinski definition) is 0. The molecule has 6 heteroatoms. The van der Waals surface area contributed by atoms with Gasteiger partial charge in [0.25, 0.3) is 0 Å². The van der Waals surface area contributed by atoms with Crippen LogP contribution < -0.4 is 4.74 Å². The predicted octanol–water partition coefficient (Wildman–Crippen LogP) is 2.34. The van der Waals surface area contributed by atoms with Crippen LogP contribution in [0.1, 0.15) is 29.3 Å². The van der Waals surface area contributed by atoms with Crippen LogP contribution in [0.25, 0.3) is 0 Å². The lowest BCUT2D eigenvalue weighted by Crippen LogP contribution is -2.06. The summed E-state index contributed by atoms with van der Waals surface area (Å²) in [6, 6.07) is 2.74. The van der Waals surface area contributed by atoms with E-state index in [1.807, 2.05) is 6.92 Å². The largest absolute Gasteiger partial charge is 0.490 e. The summed E-state index contributed by atoms with van der Waals surface area (Å²) >= 11 is 0. The molecule has 0 unspecified atom stereocenters. The van der Waals surface area contributed by atoms with Gasteiger partial charge in [0, 0.05) is 11.6 Å². The van der Waals surface area contributed by atoms with Crippen LogP contribution in [0.15, 0.2) is 12.1 Å². The number of ether oxygens (including phenoxy) is 2. The molecule has 0 aliphatic carbocycles. The second-order valence-electron chi connectivity index (χ2n) is 3.69. The molecule has 0 saturated heterocycles. The van der Waals surface area contributed by atoms with Gasteiger partial charge in [0.1, 0.15) is 0 Å². The maximum Gasteiger partial charge on any atom is 0.338 e. The number of nitrogens with zero attached hydrogens (tertiary/aromatic N) is 1. The van der Waals surface area contributed by atoms with Crippen molar-refractivity contribution in [3.63, 3.8) is 0 Å². The molecule has 0 radical (unpaired) electrons. The predicted molar refractivity (Wildman–Crippen MR) is 65.0 cm³/mol. The van der Waals surface area contributed by atoms with Crippen molar-refractivity contribution < 1.29 is 19.2 Å². The van der Waals surface area contributed by atoms with Gasteiger partial charge in [-0.2, -0.15) is 0 Å². The number of carbonyl (C=O) groups is 1. The summed E-state index contributed by atoms with van der Waals surface area (Å²) in [6.07, 6.45) is 1.38. The molecule has 1 aromatic carbocycles. The summed E-state index contributed by atoms with van der Waals surface area (Å²) in [4.78, 5) is 21.9. The number of carbonyl (C=O) groups excluding carboxylic acids is 1. The molecule has 0 bridgehead atoms. The van der Waals surface area contributed by atoms with Crippen LogP contribution >= 0.6 is 0 Å². The van der Waals surface area contributed by atoms with Crippen LogP contribution in [0.2, 0.25) is 0 Å². The van der Waals surface area contributed by atoms with E-state index in [0.717, 1.165) is 6.42 Å². The molecule has 0 aromatic heterocycles. The van der Waals surface area contributed by atoms with Gasteiger partial charge in [-0.15, -0.1) is 0 Å². The van der Waals surface area contributed by atoms with E-state index in [-0.39, 0.29) is 17.0 Å². The summed E-state index contributed by atoms with van der Waals surface area (Å²) in [5.74, 6) is -0.396. The van der Waals surface area contributed by atoms with E-state index in [1.165, 1.54) is 20.3 Å². The molecule has 18 heavy (non-hydrogen) atoms. The Morgan fingerprint density at radius 3 is 2.50 bits per heavy atom. The molecule has 98 valence electrons. The average Bonchev–Trinajstić information content (AvgIpc) is 2.37. The Labute approximate surface area is 105 Å². The highest BCUT2D eigenvalue weighted by Gasteiger charge is 2.22. The number of esters is 1. The van der Waals surface area contributed by atoms with Crippen LogP contribution in [-0.4, -0.2) is 25.1 Å². The second kappa shape index (κ2) is 6.00. The first kappa shape index (κ1) is 14.0. The van der Waals surface area contributed by atoms with Gasteiger partial charge < -0.3 is 9.47 Å². The van der Waals surface area contributed by atoms with Crippen LogP contribution in [0.3, 0.4) is 0 Å². The number of hydrogen-bond acceptors (Lipinski definition) is 5. The van der Waals surface area contributed by atoms with Crippen molar-refractivity contribution in [3.8, 4) is 5.75 Å². The van der Waals surface area contributed by atoms with E-state index in [1.54, 1.807) is 6.07 Å². The molecule has 0 atom stereocenters. The molecule has 0 aliphatic heterocycles. The summed E-state index contributed by atoms with van der Waals surface area (Å²) in [5, 5.41) is 11.0. The number of aryl methyl sites for hydroxylation is 1. The van der Waals surface area contributed by atoms with Crippen LogP contribution in [0.5, 0.6) is 5.75 Å². The summed E-state index contributed by atoms with van der Waals surface area (Å²) in [5.41, 5.74) is 0.576. The van der Waals surface area contributed by atoms with Crippen LogP contribution in [-0.2, 0) is 11.2 Å². The molecule has 6 nitrogen and oxygen atoms in total. The zero-order chi connectivity index (χ0) is 13.7. The summed E-state index contributed by atoms with van der Waals surface area (Å²) in [6.45, 7) is 1.94. The van der Waals surface area contributed by atoms with Gasteiger partial charge in [0.15, 0.2) is 5.75 Å². The Morgan fingerprint density at radius 2 is 2.06 bits per heavy atom. The van der Waals surface area contributed by atoms with Crippen LogP contribution in [0.4, 0.5) is 5.69 Å². The van der Waals surface area contributed by atoms with Gasteiger partial charge in [-0.25, -0.2) is 4.79 Å². The molecule has 0 heterocycles. The maximum atomic E-state index is 11.5. The van der Waals surface area contributed by atoms with Crippen molar-refractivity contribution in [1.29, 1.82) is 0 Å². The van der Waals surface area contributed by atoms with E-state index in [2.05, 4.69) is 4.74 Å². The van der Waals surface area contributed by atoms with Crippen molar-refractivity contribution in [1.82, 2.24) is 0 Å². The van der Waals surface area contributed by atoms with E-state index in [0.29, 0.717) is 12.0 Å². The van der Waals surface area contributed by atoms with Gasteiger partial charge in [-0.3, -0.25) is 10.1 Å². The number of nitro benzene ring substituents is 1. The first-order valence-corrected chi connectivity index (χ1v) is 5.48. The monoisotopic (exact) mass is 253 g/mol. The van der Waals surface area contributed by atoms with Gasteiger partial charge >= 0.3 is 11.7 Å².